The maximum atomic E-state index is 2.48. The van der Waals surface area contributed by atoms with E-state index in [0.29, 0.717) is 0 Å². The molecule has 0 bridgehead atoms. The smallest absolute Gasteiger partial charge is 0.0619 e. The van der Waals surface area contributed by atoms with Crippen molar-refractivity contribution in [2.24, 2.45) is 0 Å². The molecule has 0 spiro atoms. The summed E-state index contributed by atoms with van der Waals surface area (Å²) in [7, 11) is 0. The van der Waals surface area contributed by atoms with E-state index in [0.717, 1.165) is 0 Å². The van der Waals surface area contributed by atoms with Crippen molar-refractivity contribution in [2.45, 2.75) is 0 Å². The number of benzene rings is 10. The third kappa shape index (κ3) is 4.00. The zero-order valence-corrected chi connectivity index (χ0v) is 30.4. The van der Waals surface area contributed by atoms with Crippen LogP contribution in [0.15, 0.2) is 194 Å². The molecule has 0 fully saturated rings. The van der Waals surface area contributed by atoms with E-state index in [1.165, 1.54) is 121 Å². The monoisotopic (exact) mass is 708 g/mol. The summed E-state index contributed by atoms with van der Waals surface area (Å²) >= 11 is 0. The molecule has 0 saturated carbocycles. The molecule has 2 aromatic heterocycles. The van der Waals surface area contributed by atoms with Crippen LogP contribution in [0.5, 0.6) is 0 Å². The van der Waals surface area contributed by atoms with Crippen LogP contribution >= 0.6 is 0 Å². The molecule has 13 rings (SSSR count). The van der Waals surface area contributed by atoms with Crippen LogP contribution in [0, 0.1) is 0 Å². The highest BCUT2D eigenvalue weighted by Gasteiger charge is 2.24. The van der Waals surface area contributed by atoms with Crippen LogP contribution in [0.3, 0.4) is 0 Å². The summed E-state index contributed by atoms with van der Waals surface area (Å²) in [5, 5.41) is 12.7. The average Bonchev–Trinajstić information content (AvgIpc) is 3.90. The predicted molar refractivity (Wildman–Crippen MR) is 238 cm³/mol. The van der Waals surface area contributed by atoms with E-state index >= 15 is 0 Å². The molecule has 2 heterocycles. The molecular weight excluding hydrogens is 677 g/mol. The molecule has 0 saturated heterocycles. The van der Waals surface area contributed by atoms with Gasteiger partial charge in [-0.1, -0.05) is 146 Å². The fraction of sp³-hybridized carbons (Fsp3) is 0. The van der Waals surface area contributed by atoms with Gasteiger partial charge in [0, 0.05) is 38.0 Å². The minimum Gasteiger partial charge on any atom is -0.309 e. The average molecular weight is 709 g/mol. The molecular formula is C54H32N2. The largest absolute Gasteiger partial charge is 0.309 e. The van der Waals surface area contributed by atoms with Crippen molar-refractivity contribution in [1.82, 2.24) is 9.13 Å². The van der Waals surface area contributed by atoms with E-state index < -0.39 is 0 Å². The highest BCUT2D eigenvalue weighted by molar-refractivity contribution is 6.21. The van der Waals surface area contributed by atoms with Crippen LogP contribution in [0.2, 0.25) is 0 Å². The van der Waals surface area contributed by atoms with Crippen molar-refractivity contribution in [2.75, 3.05) is 0 Å². The fourth-order valence-electron chi connectivity index (χ4n) is 9.94. The van der Waals surface area contributed by atoms with Gasteiger partial charge in [-0.15, -0.1) is 0 Å². The van der Waals surface area contributed by atoms with Gasteiger partial charge in [-0.3, -0.25) is 0 Å². The third-order valence-corrected chi connectivity index (χ3v) is 12.4. The highest BCUT2D eigenvalue weighted by atomic mass is 15.0. The molecule has 258 valence electrons. The molecule has 1 aliphatic carbocycles. The molecule has 10 aromatic carbocycles. The molecule has 0 aliphatic heterocycles. The molecule has 56 heavy (non-hydrogen) atoms. The summed E-state index contributed by atoms with van der Waals surface area (Å²) in [4.78, 5) is 0. The second kappa shape index (κ2) is 11.1. The first-order valence-electron chi connectivity index (χ1n) is 19.4. The van der Waals surface area contributed by atoms with Crippen molar-refractivity contribution in [3.8, 4) is 44.8 Å². The first kappa shape index (κ1) is 30.0. The SMILES string of the molecule is c1ccc2c(c1)-c1cccc3c(-n4c5ccccc5c5cc(-c6ccc7c(c6)c6ccc8ccccc8c6n7-c6ccc7ccccc7c6)ccc54)ccc-2c13. The summed E-state index contributed by atoms with van der Waals surface area (Å²) in [6.45, 7) is 0. The quantitative estimate of drug-likeness (QED) is 0.173. The van der Waals surface area contributed by atoms with Crippen molar-refractivity contribution >= 4 is 75.9 Å². The van der Waals surface area contributed by atoms with Gasteiger partial charge in [-0.05, 0) is 103 Å². The van der Waals surface area contributed by atoms with E-state index in [2.05, 4.69) is 203 Å². The third-order valence-electron chi connectivity index (χ3n) is 12.4. The lowest BCUT2D eigenvalue weighted by Crippen LogP contribution is -1.96. The van der Waals surface area contributed by atoms with Crippen LogP contribution in [-0.2, 0) is 0 Å². The van der Waals surface area contributed by atoms with Crippen LogP contribution in [0.25, 0.3) is 121 Å². The van der Waals surface area contributed by atoms with E-state index in [4.69, 9.17) is 0 Å². The van der Waals surface area contributed by atoms with Crippen molar-refractivity contribution < 1.29 is 0 Å². The van der Waals surface area contributed by atoms with Gasteiger partial charge < -0.3 is 9.13 Å². The Hall–Kier alpha value is -7.42. The molecule has 0 N–H and O–H groups in total. The van der Waals surface area contributed by atoms with Gasteiger partial charge in [0.1, 0.15) is 0 Å². The maximum Gasteiger partial charge on any atom is 0.0619 e. The molecule has 0 atom stereocenters. The number of hydrogen-bond acceptors (Lipinski definition) is 0. The van der Waals surface area contributed by atoms with Gasteiger partial charge >= 0.3 is 0 Å². The number of hydrogen-bond donors (Lipinski definition) is 0. The lowest BCUT2D eigenvalue weighted by molar-refractivity contribution is 1.19. The Morgan fingerprint density at radius 1 is 0.286 bits per heavy atom. The molecule has 0 amide bonds. The summed E-state index contributed by atoms with van der Waals surface area (Å²) in [5.41, 5.74) is 15.0. The van der Waals surface area contributed by atoms with Crippen molar-refractivity contribution in [1.29, 1.82) is 0 Å². The number of para-hydroxylation sites is 1. The first-order valence-corrected chi connectivity index (χ1v) is 19.4. The molecule has 2 heteroatoms. The fourth-order valence-corrected chi connectivity index (χ4v) is 9.94. The summed E-state index contributed by atoms with van der Waals surface area (Å²) in [5.74, 6) is 0. The van der Waals surface area contributed by atoms with E-state index in [9.17, 15) is 0 Å². The van der Waals surface area contributed by atoms with Crippen LogP contribution in [0.1, 0.15) is 0 Å². The Morgan fingerprint density at radius 3 is 1.70 bits per heavy atom. The van der Waals surface area contributed by atoms with Gasteiger partial charge in [0.05, 0.1) is 27.8 Å². The zero-order chi connectivity index (χ0) is 36.5. The van der Waals surface area contributed by atoms with Crippen LogP contribution < -0.4 is 0 Å². The van der Waals surface area contributed by atoms with Gasteiger partial charge in [0.15, 0.2) is 0 Å². The van der Waals surface area contributed by atoms with E-state index in [1.54, 1.807) is 0 Å². The summed E-state index contributed by atoms with van der Waals surface area (Å²) in [6.07, 6.45) is 0. The lowest BCUT2D eigenvalue weighted by Gasteiger charge is -2.13. The zero-order valence-electron chi connectivity index (χ0n) is 30.4. The van der Waals surface area contributed by atoms with Crippen molar-refractivity contribution in [3.05, 3.63) is 194 Å². The molecule has 2 nitrogen and oxygen atoms in total. The Labute approximate surface area is 322 Å². The second-order valence-electron chi connectivity index (χ2n) is 15.3. The van der Waals surface area contributed by atoms with Gasteiger partial charge in [0.2, 0.25) is 0 Å². The van der Waals surface area contributed by atoms with Crippen molar-refractivity contribution in [3.63, 3.8) is 0 Å². The highest BCUT2D eigenvalue weighted by Crippen LogP contribution is 2.49. The van der Waals surface area contributed by atoms with Crippen LogP contribution in [-0.4, -0.2) is 9.13 Å². The van der Waals surface area contributed by atoms with Crippen LogP contribution in [0.4, 0.5) is 0 Å². The number of fused-ring (bicyclic) bond motifs is 12. The molecule has 12 aromatic rings. The minimum absolute atomic E-state index is 1.17. The topological polar surface area (TPSA) is 9.86 Å². The normalized spacial score (nSPS) is 12.3. The van der Waals surface area contributed by atoms with Gasteiger partial charge in [0.25, 0.3) is 0 Å². The number of nitrogens with zero attached hydrogens (tertiary/aromatic N) is 2. The van der Waals surface area contributed by atoms with Gasteiger partial charge in [-0.25, -0.2) is 0 Å². The Balaban J connectivity index is 1.03. The van der Waals surface area contributed by atoms with E-state index in [1.807, 2.05) is 0 Å². The standard InChI is InChI=1S/C54H32N2/c1-2-12-35-30-38(24-20-33(35)10-1)55-51-27-22-37(32-48(51)45-25-21-34-11-3-4-13-39(34)54(45)55)36-23-28-52-47(31-36)42-16-7-8-19-49(42)56(52)50-29-26-44-41-15-6-5-14-40(41)43-17-9-18-46(50)53(43)44/h1-32H. The van der Waals surface area contributed by atoms with Gasteiger partial charge in [-0.2, -0.15) is 0 Å². The maximum absolute atomic E-state index is 2.48. The Kier molecular flexibility index (Phi) is 5.92. The summed E-state index contributed by atoms with van der Waals surface area (Å²) in [6, 6.07) is 72.1. The predicted octanol–water partition coefficient (Wildman–Crippen LogP) is 14.7. The number of aromatic nitrogens is 2. The Bertz CT molecular complexity index is 3620. The lowest BCUT2D eigenvalue weighted by atomic mass is 10.00. The van der Waals surface area contributed by atoms with E-state index in [-0.39, 0.29) is 0 Å². The molecule has 0 radical (unpaired) electrons. The minimum atomic E-state index is 1.17. The molecule has 0 unspecified atom stereocenters. The Morgan fingerprint density at radius 2 is 0.875 bits per heavy atom. The second-order valence-corrected chi connectivity index (χ2v) is 15.3. The first-order chi connectivity index (χ1) is 27.8. The number of rotatable bonds is 3. The molecule has 1 aliphatic rings. The summed E-state index contributed by atoms with van der Waals surface area (Å²) < 4.78 is 4.95.